The van der Waals surface area contributed by atoms with E-state index in [4.69, 9.17) is 25.8 Å². The Morgan fingerprint density at radius 2 is 1.91 bits per heavy atom. The molecule has 0 spiro atoms. The minimum atomic E-state index is -0.685. The first-order valence-corrected chi connectivity index (χ1v) is 13.3. The van der Waals surface area contributed by atoms with Crippen molar-refractivity contribution >= 4 is 29.3 Å². The first kappa shape index (κ1) is 26.2. The molecule has 4 rings (SSSR count). The topological polar surface area (TPSA) is 44.8 Å². The summed E-state index contributed by atoms with van der Waals surface area (Å²) < 4.78 is 46.7. The lowest BCUT2D eigenvalue weighted by Crippen LogP contribution is -2.55. The van der Waals surface area contributed by atoms with E-state index < -0.39 is 21.8 Å². The minimum absolute atomic E-state index is 0.00804. The van der Waals surface area contributed by atoms with Crippen molar-refractivity contribution in [2.45, 2.75) is 56.3 Å². The molecule has 4 nitrogen and oxygen atoms in total. The van der Waals surface area contributed by atoms with Gasteiger partial charge in [0.1, 0.15) is 10.6 Å². The first-order valence-electron chi connectivity index (χ1n) is 12.0. The van der Waals surface area contributed by atoms with E-state index in [-0.39, 0.29) is 30.3 Å². The molecule has 0 amide bonds. The Morgan fingerprint density at radius 3 is 2.63 bits per heavy atom. The average molecular weight is 525 g/mol. The summed E-state index contributed by atoms with van der Waals surface area (Å²) in [6.07, 6.45) is 1.50. The fourth-order valence-electron chi connectivity index (χ4n) is 5.29. The molecular weight excluding hydrogens is 494 g/mol. The summed E-state index contributed by atoms with van der Waals surface area (Å²) in [4.78, 5) is 12.3. The van der Waals surface area contributed by atoms with Gasteiger partial charge in [0.15, 0.2) is 11.6 Å². The summed E-state index contributed by atoms with van der Waals surface area (Å²) >= 11 is 7.60. The fourth-order valence-corrected chi connectivity index (χ4v) is 6.45. The normalized spacial score (nSPS) is 23.7. The summed E-state index contributed by atoms with van der Waals surface area (Å²) in [5, 5.41) is 0.624. The maximum Gasteiger partial charge on any atom is 0.321 e. The predicted molar refractivity (Wildman–Crippen MR) is 134 cm³/mol. The molecule has 2 aliphatic rings. The van der Waals surface area contributed by atoms with Gasteiger partial charge in [-0.3, -0.25) is 4.79 Å². The number of fused-ring (bicyclic) bond motifs is 3. The molecule has 3 atom stereocenters. The third kappa shape index (κ3) is 5.32. The van der Waals surface area contributed by atoms with Crippen LogP contribution >= 0.6 is 23.4 Å². The number of esters is 1. The van der Waals surface area contributed by atoms with E-state index in [1.807, 2.05) is 38.1 Å². The number of carbonyl (C=O) groups is 1. The molecule has 0 N–H and O–H groups in total. The predicted octanol–water partition coefficient (Wildman–Crippen LogP) is 6.36. The molecule has 2 aliphatic heterocycles. The highest BCUT2D eigenvalue weighted by Gasteiger charge is 2.53. The number of hydrogen-bond donors (Lipinski definition) is 0. The molecule has 2 aromatic carbocycles. The van der Waals surface area contributed by atoms with Crippen LogP contribution < -0.4 is 4.74 Å². The van der Waals surface area contributed by atoms with Crippen LogP contribution in [0.3, 0.4) is 0 Å². The van der Waals surface area contributed by atoms with E-state index in [1.54, 1.807) is 6.92 Å². The Balaban J connectivity index is 1.63. The SMILES string of the molecule is CCOC(=O)C(C)(C)SCC[C@@H]1OCC[C@@]2(Cc3ccc(Cl)cc3)c3c(F)ccc(F)c3OC[C@@H]12. The van der Waals surface area contributed by atoms with E-state index in [2.05, 4.69) is 0 Å². The molecule has 35 heavy (non-hydrogen) atoms. The highest BCUT2D eigenvalue weighted by Crippen LogP contribution is 2.53. The Labute approximate surface area is 214 Å². The molecule has 0 aromatic heterocycles. The molecule has 1 fully saturated rings. The molecule has 1 saturated heterocycles. The molecule has 0 saturated carbocycles. The van der Waals surface area contributed by atoms with Gasteiger partial charge in [0.2, 0.25) is 0 Å². The first-order chi connectivity index (χ1) is 16.7. The second kappa shape index (κ2) is 10.7. The molecular formula is C27H31ClF2O4S. The van der Waals surface area contributed by atoms with Gasteiger partial charge in [-0.15, -0.1) is 11.8 Å². The summed E-state index contributed by atoms with van der Waals surface area (Å²) in [5.74, 6) is -0.777. The molecule has 8 heteroatoms. The van der Waals surface area contributed by atoms with Crippen molar-refractivity contribution in [1.82, 2.24) is 0 Å². The summed E-state index contributed by atoms with van der Waals surface area (Å²) in [7, 11) is 0. The molecule has 0 aliphatic carbocycles. The van der Waals surface area contributed by atoms with Gasteiger partial charge in [-0.25, -0.2) is 8.78 Å². The highest BCUT2D eigenvalue weighted by atomic mass is 35.5. The van der Waals surface area contributed by atoms with Gasteiger partial charge in [-0.1, -0.05) is 23.7 Å². The lowest BCUT2D eigenvalue weighted by atomic mass is 9.60. The van der Waals surface area contributed by atoms with Gasteiger partial charge in [0.25, 0.3) is 0 Å². The van der Waals surface area contributed by atoms with Crippen molar-refractivity contribution < 1.29 is 27.8 Å². The van der Waals surface area contributed by atoms with Crippen LogP contribution in [0, 0.1) is 17.6 Å². The van der Waals surface area contributed by atoms with Crippen molar-refractivity contribution in [2.75, 3.05) is 25.6 Å². The number of carbonyl (C=O) groups excluding carboxylic acids is 1. The van der Waals surface area contributed by atoms with Crippen molar-refractivity contribution in [2.24, 2.45) is 5.92 Å². The Bertz CT molecular complexity index is 1060. The van der Waals surface area contributed by atoms with Crippen molar-refractivity contribution in [1.29, 1.82) is 0 Å². The Kier molecular flexibility index (Phi) is 7.99. The van der Waals surface area contributed by atoms with Crippen LogP contribution in [0.2, 0.25) is 5.02 Å². The quantitative estimate of drug-likeness (QED) is 0.376. The van der Waals surface area contributed by atoms with Crippen LogP contribution in [0.5, 0.6) is 5.75 Å². The third-order valence-electron chi connectivity index (χ3n) is 7.07. The van der Waals surface area contributed by atoms with Gasteiger partial charge in [0, 0.05) is 28.5 Å². The number of halogens is 3. The molecule has 0 bridgehead atoms. The lowest BCUT2D eigenvalue weighted by molar-refractivity contribution is -0.145. The van der Waals surface area contributed by atoms with Crippen LogP contribution in [0.15, 0.2) is 36.4 Å². The molecule has 2 heterocycles. The zero-order valence-electron chi connectivity index (χ0n) is 20.2. The largest absolute Gasteiger partial charge is 0.490 e. The third-order valence-corrected chi connectivity index (χ3v) is 8.65. The number of benzene rings is 2. The highest BCUT2D eigenvalue weighted by molar-refractivity contribution is 8.01. The van der Waals surface area contributed by atoms with Crippen molar-refractivity contribution in [3.05, 3.63) is 64.2 Å². The number of hydrogen-bond acceptors (Lipinski definition) is 5. The maximum atomic E-state index is 15.4. The zero-order chi connectivity index (χ0) is 25.2. The van der Waals surface area contributed by atoms with E-state index in [0.29, 0.717) is 48.8 Å². The molecule has 0 unspecified atom stereocenters. The van der Waals surface area contributed by atoms with Crippen LogP contribution in [-0.4, -0.2) is 42.4 Å². The van der Waals surface area contributed by atoms with Crippen LogP contribution in [0.1, 0.15) is 44.7 Å². The summed E-state index contributed by atoms with van der Waals surface area (Å²) in [6.45, 7) is 6.48. The average Bonchev–Trinajstić information content (AvgIpc) is 2.82. The Hall–Kier alpha value is -1.83. The number of ether oxygens (including phenoxy) is 3. The smallest absolute Gasteiger partial charge is 0.321 e. The molecule has 2 aromatic rings. The second-order valence-corrected chi connectivity index (χ2v) is 11.8. The summed E-state index contributed by atoms with van der Waals surface area (Å²) in [5.41, 5.74) is 0.614. The standard InChI is InChI=1S/C27H31ClF2O4S/c1-4-32-25(31)26(2,3)35-14-11-22-19-16-34-24-21(30)10-9-20(29)23(24)27(19,12-13-33-22)15-17-5-7-18(28)8-6-17/h5-10,19,22H,4,11-16H2,1-3H3/t19-,22-,27-/m0/s1. The van der Waals surface area contributed by atoms with Gasteiger partial charge in [-0.05, 0) is 75.6 Å². The zero-order valence-corrected chi connectivity index (χ0v) is 21.8. The second-order valence-electron chi connectivity index (χ2n) is 9.64. The summed E-state index contributed by atoms with van der Waals surface area (Å²) in [6, 6.07) is 9.80. The van der Waals surface area contributed by atoms with Crippen LogP contribution in [0.4, 0.5) is 8.78 Å². The maximum absolute atomic E-state index is 15.4. The molecule has 0 radical (unpaired) electrons. The fraction of sp³-hybridized carbons (Fsp3) is 0.519. The minimum Gasteiger partial charge on any atom is -0.490 e. The van der Waals surface area contributed by atoms with Crippen molar-refractivity contribution in [3.8, 4) is 5.75 Å². The van der Waals surface area contributed by atoms with E-state index >= 15 is 4.39 Å². The van der Waals surface area contributed by atoms with Gasteiger partial charge in [-0.2, -0.15) is 0 Å². The van der Waals surface area contributed by atoms with Crippen LogP contribution in [0.25, 0.3) is 0 Å². The van der Waals surface area contributed by atoms with Gasteiger partial charge < -0.3 is 14.2 Å². The molecule has 190 valence electrons. The van der Waals surface area contributed by atoms with Crippen LogP contribution in [-0.2, 0) is 26.1 Å². The number of rotatable bonds is 8. The van der Waals surface area contributed by atoms with E-state index in [9.17, 15) is 9.18 Å². The lowest BCUT2D eigenvalue weighted by Gasteiger charge is -2.51. The Morgan fingerprint density at radius 1 is 1.20 bits per heavy atom. The van der Waals surface area contributed by atoms with E-state index in [0.717, 1.165) is 11.6 Å². The van der Waals surface area contributed by atoms with Gasteiger partial charge in [0.05, 0.1) is 19.3 Å². The van der Waals surface area contributed by atoms with E-state index in [1.165, 1.54) is 17.8 Å². The number of thioether (sulfide) groups is 1. The van der Waals surface area contributed by atoms with Gasteiger partial charge >= 0.3 is 5.97 Å². The monoisotopic (exact) mass is 524 g/mol. The van der Waals surface area contributed by atoms with Crippen molar-refractivity contribution in [3.63, 3.8) is 0 Å².